The van der Waals surface area contributed by atoms with E-state index in [0.29, 0.717) is 5.75 Å². The quantitative estimate of drug-likeness (QED) is 0.797. The van der Waals surface area contributed by atoms with Crippen molar-refractivity contribution in [2.45, 2.75) is 32.7 Å². The Kier molecular flexibility index (Phi) is 6.40. The summed E-state index contributed by atoms with van der Waals surface area (Å²) in [6.45, 7) is 5.21. The van der Waals surface area contributed by atoms with Gasteiger partial charge in [0, 0.05) is 28.3 Å². The SMILES string of the molecule is CCCNC(CS(=O)CCC)c1ccc2ccccc2c1. The lowest BCUT2D eigenvalue weighted by Crippen LogP contribution is -2.27. The zero-order valence-electron chi connectivity index (χ0n) is 13.0. The average Bonchev–Trinajstić information content (AvgIpc) is 2.51. The molecular formula is C18H25NOS. The normalized spacial score (nSPS) is 14.2. The third-order valence-electron chi connectivity index (χ3n) is 3.60. The van der Waals surface area contributed by atoms with Crippen molar-refractivity contribution in [3.05, 3.63) is 48.0 Å². The molecule has 0 fully saturated rings. The molecule has 2 nitrogen and oxygen atoms in total. The molecule has 0 amide bonds. The van der Waals surface area contributed by atoms with Crippen LogP contribution in [0.15, 0.2) is 42.5 Å². The summed E-state index contributed by atoms with van der Waals surface area (Å²) in [6, 6.07) is 15.1. The molecule has 2 atom stereocenters. The van der Waals surface area contributed by atoms with Crippen LogP contribution in [0.1, 0.15) is 38.3 Å². The van der Waals surface area contributed by atoms with Gasteiger partial charge in [-0.05, 0) is 41.8 Å². The van der Waals surface area contributed by atoms with Crippen LogP contribution in [0.3, 0.4) is 0 Å². The van der Waals surface area contributed by atoms with Gasteiger partial charge in [0.05, 0.1) is 0 Å². The van der Waals surface area contributed by atoms with Crippen LogP contribution in [-0.4, -0.2) is 22.3 Å². The molecule has 0 heterocycles. The smallest absolute Gasteiger partial charge is 0.0437 e. The van der Waals surface area contributed by atoms with Gasteiger partial charge in [-0.15, -0.1) is 0 Å². The maximum atomic E-state index is 12.1. The predicted molar refractivity (Wildman–Crippen MR) is 93.2 cm³/mol. The van der Waals surface area contributed by atoms with Gasteiger partial charge in [0.1, 0.15) is 0 Å². The lowest BCUT2D eigenvalue weighted by atomic mass is 10.0. The molecular weight excluding hydrogens is 278 g/mol. The predicted octanol–water partition coefficient (Wildman–Crippen LogP) is 4.04. The Labute approximate surface area is 130 Å². The second-order valence-electron chi connectivity index (χ2n) is 5.42. The van der Waals surface area contributed by atoms with E-state index in [4.69, 9.17) is 0 Å². The second-order valence-corrected chi connectivity index (χ2v) is 7.05. The Morgan fingerprint density at radius 1 is 1.05 bits per heavy atom. The summed E-state index contributed by atoms with van der Waals surface area (Å²) in [5.74, 6) is 1.49. The summed E-state index contributed by atoms with van der Waals surface area (Å²) in [5, 5.41) is 6.05. The monoisotopic (exact) mass is 303 g/mol. The molecule has 0 spiro atoms. The highest BCUT2D eigenvalue weighted by Gasteiger charge is 2.14. The van der Waals surface area contributed by atoms with Gasteiger partial charge in [-0.1, -0.05) is 50.2 Å². The van der Waals surface area contributed by atoms with Crippen LogP contribution in [0.2, 0.25) is 0 Å². The van der Waals surface area contributed by atoms with E-state index in [1.165, 1.54) is 16.3 Å². The zero-order valence-corrected chi connectivity index (χ0v) is 13.8. The van der Waals surface area contributed by atoms with Gasteiger partial charge in [0.15, 0.2) is 0 Å². The van der Waals surface area contributed by atoms with E-state index >= 15 is 0 Å². The van der Waals surface area contributed by atoms with Crippen molar-refractivity contribution < 1.29 is 4.21 Å². The van der Waals surface area contributed by atoms with Crippen LogP contribution in [0.4, 0.5) is 0 Å². The third kappa shape index (κ3) is 4.65. The van der Waals surface area contributed by atoms with Gasteiger partial charge in [0.25, 0.3) is 0 Å². The summed E-state index contributed by atoms with van der Waals surface area (Å²) in [7, 11) is -0.750. The second kappa shape index (κ2) is 8.30. The van der Waals surface area contributed by atoms with Gasteiger partial charge in [-0.2, -0.15) is 0 Å². The molecule has 0 radical (unpaired) electrons. The molecule has 0 saturated carbocycles. The first-order valence-corrected chi connectivity index (χ1v) is 9.30. The molecule has 2 rings (SSSR count). The summed E-state index contributed by atoms with van der Waals surface area (Å²) >= 11 is 0. The van der Waals surface area contributed by atoms with Gasteiger partial charge >= 0.3 is 0 Å². The lowest BCUT2D eigenvalue weighted by molar-refractivity contribution is 0.570. The topological polar surface area (TPSA) is 29.1 Å². The van der Waals surface area contributed by atoms with Gasteiger partial charge in [-0.3, -0.25) is 4.21 Å². The average molecular weight is 303 g/mol. The van der Waals surface area contributed by atoms with E-state index in [1.807, 2.05) is 0 Å². The Morgan fingerprint density at radius 2 is 1.81 bits per heavy atom. The van der Waals surface area contributed by atoms with E-state index in [0.717, 1.165) is 25.1 Å². The van der Waals surface area contributed by atoms with E-state index in [-0.39, 0.29) is 6.04 Å². The summed E-state index contributed by atoms with van der Waals surface area (Å²) in [5.41, 5.74) is 1.24. The zero-order chi connectivity index (χ0) is 15.1. The highest BCUT2D eigenvalue weighted by molar-refractivity contribution is 7.85. The van der Waals surface area contributed by atoms with Crippen molar-refractivity contribution >= 4 is 21.6 Å². The highest BCUT2D eigenvalue weighted by Crippen LogP contribution is 2.21. The first kappa shape index (κ1) is 16.2. The van der Waals surface area contributed by atoms with Crippen molar-refractivity contribution in [1.29, 1.82) is 0 Å². The maximum absolute atomic E-state index is 12.1. The number of rotatable bonds is 8. The summed E-state index contributed by atoms with van der Waals surface area (Å²) in [4.78, 5) is 0. The summed E-state index contributed by atoms with van der Waals surface area (Å²) in [6.07, 6.45) is 2.06. The Balaban J connectivity index is 2.22. The van der Waals surface area contributed by atoms with Crippen molar-refractivity contribution in [2.75, 3.05) is 18.1 Å². The first-order valence-electron chi connectivity index (χ1n) is 7.81. The number of hydrogen-bond donors (Lipinski definition) is 1. The van der Waals surface area contributed by atoms with Gasteiger partial charge in [0.2, 0.25) is 0 Å². The minimum Gasteiger partial charge on any atom is -0.309 e. The fourth-order valence-corrected chi connectivity index (χ4v) is 3.82. The molecule has 0 aliphatic heterocycles. The molecule has 0 saturated heterocycles. The Bertz CT molecular complexity index is 597. The fourth-order valence-electron chi connectivity index (χ4n) is 2.51. The Hall–Kier alpha value is -1.19. The lowest BCUT2D eigenvalue weighted by Gasteiger charge is -2.19. The number of fused-ring (bicyclic) bond motifs is 1. The van der Waals surface area contributed by atoms with Crippen LogP contribution >= 0.6 is 0 Å². The van der Waals surface area contributed by atoms with Gasteiger partial charge < -0.3 is 5.32 Å². The summed E-state index contributed by atoms with van der Waals surface area (Å²) < 4.78 is 12.1. The van der Waals surface area contributed by atoms with E-state index in [1.54, 1.807) is 0 Å². The molecule has 114 valence electrons. The van der Waals surface area contributed by atoms with Crippen molar-refractivity contribution in [2.24, 2.45) is 0 Å². The van der Waals surface area contributed by atoms with Crippen LogP contribution in [-0.2, 0) is 10.8 Å². The van der Waals surface area contributed by atoms with E-state index in [9.17, 15) is 4.21 Å². The van der Waals surface area contributed by atoms with E-state index in [2.05, 4.69) is 61.6 Å². The largest absolute Gasteiger partial charge is 0.309 e. The van der Waals surface area contributed by atoms with Crippen LogP contribution in [0.25, 0.3) is 10.8 Å². The van der Waals surface area contributed by atoms with Crippen molar-refractivity contribution in [3.8, 4) is 0 Å². The number of nitrogens with one attached hydrogen (secondary N) is 1. The number of benzene rings is 2. The Morgan fingerprint density at radius 3 is 2.52 bits per heavy atom. The van der Waals surface area contributed by atoms with Crippen molar-refractivity contribution in [3.63, 3.8) is 0 Å². The minimum absolute atomic E-state index is 0.182. The molecule has 0 aliphatic carbocycles. The van der Waals surface area contributed by atoms with Crippen LogP contribution in [0, 0.1) is 0 Å². The number of hydrogen-bond acceptors (Lipinski definition) is 2. The molecule has 0 bridgehead atoms. The molecule has 1 N–H and O–H groups in total. The minimum atomic E-state index is -0.750. The van der Waals surface area contributed by atoms with E-state index < -0.39 is 10.8 Å². The standard InChI is InChI=1S/C18H25NOS/c1-3-11-19-18(14-21(20)12-4-2)17-10-9-15-7-5-6-8-16(15)13-17/h5-10,13,18-19H,3-4,11-12,14H2,1-2H3. The molecule has 0 aromatic heterocycles. The molecule has 2 aromatic rings. The third-order valence-corrected chi connectivity index (χ3v) is 5.17. The highest BCUT2D eigenvalue weighted by atomic mass is 32.2. The molecule has 21 heavy (non-hydrogen) atoms. The maximum Gasteiger partial charge on any atom is 0.0437 e. The first-order chi connectivity index (χ1) is 10.2. The van der Waals surface area contributed by atoms with Crippen LogP contribution in [0.5, 0.6) is 0 Å². The van der Waals surface area contributed by atoms with Gasteiger partial charge in [-0.25, -0.2) is 0 Å². The molecule has 2 unspecified atom stereocenters. The van der Waals surface area contributed by atoms with Crippen molar-refractivity contribution in [1.82, 2.24) is 5.32 Å². The molecule has 0 aliphatic rings. The fraction of sp³-hybridized carbons (Fsp3) is 0.444. The molecule has 3 heteroatoms. The molecule has 2 aromatic carbocycles. The van der Waals surface area contributed by atoms with Crippen LogP contribution < -0.4 is 5.32 Å².